The zero-order valence-corrected chi connectivity index (χ0v) is 21.5. The second kappa shape index (κ2) is 18.2. The van der Waals surface area contributed by atoms with Gasteiger partial charge in [0, 0.05) is 6.42 Å². The van der Waals surface area contributed by atoms with Gasteiger partial charge in [-0.15, -0.1) is 0 Å². The summed E-state index contributed by atoms with van der Waals surface area (Å²) in [6, 6.07) is -4.69. The Hall–Kier alpha value is -3.06. The van der Waals surface area contributed by atoms with Gasteiger partial charge in [-0.3, -0.25) is 24.0 Å². The van der Waals surface area contributed by atoms with Crippen molar-refractivity contribution in [2.24, 2.45) is 17.2 Å². The largest absolute Gasteiger partial charge is 0.370 e. The fourth-order valence-corrected chi connectivity index (χ4v) is 3.19. The van der Waals surface area contributed by atoms with Crippen molar-refractivity contribution in [3.63, 3.8) is 0 Å². The van der Waals surface area contributed by atoms with Crippen LogP contribution in [0.25, 0.3) is 0 Å². The second-order valence-corrected chi connectivity index (χ2v) is 8.82. The maximum Gasteiger partial charge on any atom is 0.243 e. The SMILES string of the molecule is CCCC[C@H](NC(=O)[C@H](CCC(N)=O)NC(=O)[C@@H](N)CCCCN)C(=O)N[C@@H](C)C(=O)N[C@@H](C)C=O. The molecular formula is C23H43N7O6. The van der Waals surface area contributed by atoms with Crippen molar-refractivity contribution in [1.29, 1.82) is 0 Å². The summed E-state index contributed by atoms with van der Waals surface area (Å²) in [5, 5.41) is 10.1. The van der Waals surface area contributed by atoms with Crippen LogP contribution in [-0.2, 0) is 28.8 Å². The van der Waals surface area contributed by atoms with Crippen LogP contribution in [0.3, 0.4) is 0 Å². The van der Waals surface area contributed by atoms with Crippen LogP contribution in [0.5, 0.6) is 0 Å². The molecule has 10 N–H and O–H groups in total. The number of rotatable bonds is 19. The molecule has 36 heavy (non-hydrogen) atoms. The summed E-state index contributed by atoms with van der Waals surface area (Å²) in [6.07, 6.45) is 3.65. The Morgan fingerprint density at radius 3 is 1.92 bits per heavy atom. The van der Waals surface area contributed by atoms with E-state index in [4.69, 9.17) is 17.2 Å². The number of hydrogen-bond donors (Lipinski definition) is 7. The van der Waals surface area contributed by atoms with Crippen LogP contribution in [0.1, 0.15) is 72.1 Å². The Morgan fingerprint density at radius 2 is 1.36 bits per heavy atom. The number of carbonyl (C=O) groups excluding carboxylic acids is 6. The highest BCUT2D eigenvalue weighted by Crippen LogP contribution is 2.06. The molecule has 0 aromatic heterocycles. The topological polar surface area (TPSA) is 229 Å². The molecule has 0 aromatic carbocycles. The maximum atomic E-state index is 13.0. The molecule has 13 heteroatoms. The maximum absolute atomic E-state index is 13.0. The Balaban J connectivity index is 5.38. The Morgan fingerprint density at radius 1 is 0.778 bits per heavy atom. The number of hydrogen-bond acceptors (Lipinski definition) is 8. The summed E-state index contributed by atoms with van der Waals surface area (Å²) in [6.45, 7) is 5.32. The molecule has 0 radical (unpaired) electrons. The molecule has 0 bridgehead atoms. The standard InChI is InChI=1S/C23H43N7O6/c1-4-5-9-17(22(35)28-15(3)20(33)27-14(2)13-31)30-23(36)18(10-11-19(26)32)29-21(34)16(25)8-6-7-12-24/h13-18H,4-12,24-25H2,1-3H3,(H2,26,32)(H,27,33)(H,28,35)(H,29,34)(H,30,36)/t14-,15-,16-,17-,18-/m0/s1. The van der Waals surface area contributed by atoms with Crippen molar-refractivity contribution in [1.82, 2.24) is 21.3 Å². The smallest absolute Gasteiger partial charge is 0.243 e. The Labute approximate surface area is 212 Å². The molecule has 0 unspecified atom stereocenters. The molecule has 0 saturated carbocycles. The molecule has 0 spiro atoms. The van der Waals surface area contributed by atoms with Crippen LogP contribution < -0.4 is 38.5 Å². The quantitative estimate of drug-likeness (QED) is 0.0758. The van der Waals surface area contributed by atoms with E-state index in [1.54, 1.807) is 0 Å². The molecular weight excluding hydrogens is 470 g/mol. The third-order valence-electron chi connectivity index (χ3n) is 5.42. The van der Waals surface area contributed by atoms with Crippen LogP contribution in [0.4, 0.5) is 0 Å². The molecule has 0 aliphatic carbocycles. The average molecular weight is 514 g/mol. The lowest BCUT2D eigenvalue weighted by Gasteiger charge is -2.25. The molecule has 0 saturated heterocycles. The van der Waals surface area contributed by atoms with E-state index in [1.807, 2.05) is 6.92 Å². The minimum absolute atomic E-state index is 0.0765. The van der Waals surface area contributed by atoms with Crippen LogP contribution in [-0.4, -0.2) is 72.6 Å². The van der Waals surface area contributed by atoms with Crippen molar-refractivity contribution in [3.8, 4) is 0 Å². The van der Waals surface area contributed by atoms with E-state index >= 15 is 0 Å². The average Bonchev–Trinajstić information content (AvgIpc) is 2.83. The second-order valence-electron chi connectivity index (χ2n) is 8.82. The fourth-order valence-electron chi connectivity index (χ4n) is 3.19. The Bertz CT molecular complexity index is 748. The highest BCUT2D eigenvalue weighted by Gasteiger charge is 2.29. The summed E-state index contributed by atoms with van der Waals surface area (Å²) < 4.78 is 0. The van der Waals surface area contributed by atoms with E-state index in [0.29, 0.717) is 38.5 Å². The van der Waals surface area contributed by atoms with Crippen LogP contribution in [0.2, 0.25) is 0 Å². The molecule has 5 atom stereocenters. The number of carbonyl (C=O) groups is 6. The molecule has 0 aliphatic rings. The van der Waals surface area contributed by atoms with Gasteiger partial charge in [0.05, 0.1) is 12.1 Å². The molecule has 0 fully saturated rings. The van der Waals surface area contributed by atoms with Gasteiger partial charge in [0.15, 0.2) is 0 Å². The van der Waals surface area contributed by atoms with Gasteiger partial charge in [0.25, 0.3) is 0 Å². The van der Waals surface area contributed by atoms with Gasteiger partial charge < -0.3 is 43.3 Å². The van der Waals surface area contributed by atoms with Crippen molar-refractivity contribution < 1.29 is 28.8 Å². The van der Waals surface area contributed by atoms with Crippen molar-refractivity contribution in [3.05, 3.63) is 0 Å². The molecule has 0 rings (SSSR count). The minimum atomic E-state index is -1.14. The molecule has 206 valence electrons. The van der Waals surface area contributed by atoms with Gasteiger partial charge in [-0.05, 0) is 46.1 Å². The number of aldehydes is 1. The first-order valence-electron chi connectivity index (χ1n) is 12.4. The third-order valence-corrected chi connectivity index (χ3v) is 5.42. The van der Waals surface area contributed by atoms with Crippen LogP contribution >= 0.6 is 0 Å². The summed E-state index contributed by atoms with van der Waals surface area (Å²) >= 11 is 0. The first-order valence-corrected chi connectivity index (χ1v) is 12.4. The monoisotopic (exact) mass is 513 g/mol. The molecule has 0 aliphatic heterocycles. The first-order chi connectivity index (χ1) is 17.0. The fraction of sp³-hybridized carbons (Fsp3) is 0.739. The number of amides is 5. The van der Waals surface area contributed by atoms with E-state index < -0.39 is 59.7 Å². The lowest BCUT2D eigenvalue weighted by atomic mass is 10.0. The number of nitrogens with two attached hydrogens (primary N) is 3. The summed E-state index contributed by atoms with van der Waals surface area (Å²) in [4.78, 5) is 72.6. The number of unbranched alkanes of at least 4 members (excludes halogenated alkanes) is 2. The number of primary amides is 1. The van der Waals surface area contributed by atoms with Crippen molar-refractivity contribution in [2.75, 3.05) is 6.54 Å². The minimum Gasteiger partial charge on any atom is -0.370 e. The number of nitrogens with one attached hydrogen (secondary N) is 4. The van der Waals surface area contributed by atoms with Gasteiger partial charge in [-0.25, -0.2) is 0 Å². The van der Waals surface area contributed by atoms with E-state index in [-0.39, 0.29) is 19.3 Å². The molecule has 0 aromatic rings. The predicted molar refractivity (Wildman–Crippen MR) is 134 cm³/mol. The van der Waals surface area contributed by atoms with Gasteiger partial charge >= 0.3 is 0 Å². The van der Waals surface area contributed by atoms with E-state index in [0.717, 1.165) is 6.42 Å². The lowest BCUT2D eigenvalue weighted by Crippen LogP contribution is -2.57. The van der Waals surface area contributed by atoms with Gasteiger partial charge in [0.1, 0.15) is 24.4 Å². The van der Waals surface area contributed by atoms with Gasteiger partial charge in [0.2, 0.25) is 29.5 Å². The summed E-state index contributed by atoms with van der Waals surface area (Å²) in [7, 11) is 0. The van der Waals surface area contributed by atoms with Crippen LogP contribution in [0, 0.1) is 0 Å². The highest BCUT2D eigenvalue weighted by atomic mass is 16.2. The zero-order chi connectivity index (χ0) is 27.7. The van der Waals surface area contributed by atoms with Crippen molar-refractivity contribution >= 4 is 35.8 Å². The normalized spacial score (nSPS) is 14.9. The Kier molecular flexibility index (Phi) is 16.7. The molecule has 5 amide bonds. The molecule has 0 heterocycles. The van der Waals surface area contributed by atoms with Crippen molar-refractivity contribution in [2.45, 2.75) is 102 Å². The van der Waals surface area contributed by atoms with Crippen LogP contribution in [0.15, 0.2) is 0 Å². The van der Waals surface area contributed by atoms with Gasteiger partial charge in [-0.2, -0.15) is 0 Å². The van der Waals surface area contributed by atoms with Gasteiger partial charge in [-0.1, -0.05) is 26.2 Å². The van der Waals surface area contributed by atoms with E-state index in [2.05, 4.69) is 21.3 Å². The zero-order valence-electron chi connectivity index (χ0n) is 21.5. The summed E-state index contributed by atoms with van der Waals surface area (Å²) in [5.41, 5.74) is 16.6. The summed E-state index contributed by atoms with van der Waals surface area (Å²) in [5.74, 6) is -3.06. The predicted octanol–water partition coefficient (Wildman–Crippen LogP) is -1.92. The lowest BCUT2D eigenvalue weighted by molar-refractivity contribution is -0.134. The first kappa shape index (κ1) is 32.9. The molecule has 13 nitrogen and oxygen atoms in total. The third kappa shape index (κ3) is 13.7. The highest BCUT2D eigenvalue weighted by molar-refractivity contribution is 5.95. The van der Waals surface area contributed by atoms with E-state index in [9.17, 15) is 28.8 Å². The van der Waals surface area contributed by atoms with E-state index in [1.165, 1.54) is 13.8 Å².